The van der Waals surface area contributed by atoms with Gasteiger partial charge in [-0.2, -0.15) is 0 Å². The molecule has 2 atom stereocenters. The van der Waals surface area contributed by atoms with Crippen LogP contribution >= 0.6 is 0 Å². The standard InChI is InChI=1S/C17H19NO7S/c1-9-11-3-2-10(19)6-15(11)25-17(22)12(9)4-5-16(21)18-13-7-26(23,24)8-14(13)20/h2-3,6,13-14,19-20H,4-5,7-8H2,1H3,(H,18,21)/t13-,14+/m1/s1. The van der Waals surface area contributed by atoms with Crippen LogP contribution in [0, 0.1) is 6.92 Å². The normalized spacial score (nSPS) is 21.8. The number of carbonyl (C=O) groups excluding carboxylic acids is 1. The predicted molar refractivity (Wildman–Crippen MR) is 93.8 cm³/mol. The van der Waals surface area contributed by atoms with Gasteiger partial charge in [0.1, 0.15) is 11.3 Å². The van der Waals surface area contributed by atoms with Crippen LogP contribution in [0.5, 0.6) is 5.75 Å². The van der Waals surface area contributed by atoms with E-state index in [9.17, 15) is 28.2 Å². The molecule has 8 nitrogen and oxygen atoms in total. The van der Waals surface area contributed by atoms with Crippen molar-refractivity contribution in [2.45, 2.75) is 31.9 Å². The molecule has 0 spiro atoms. The number of sulfone groups is 1. The maximum Gasteiger partial charge on any atom is 0.339 e. The summed E-state index contributed by atoms with van der Waals surface area (Å²) in [5.41, 5.74) is 0.683. The second-order valence-electron chi connectivity index (χ2n) is 6.49. The van der Waals surface area contributed by atoms with Crippen LogP contribution < -0.4 is 10.9 Å². The molecule has 3 N–H and O–H groups in total. The van der Waals surface area contributed by atoms with Crippen LogP contribution in [-0.4, -0.2) is 48.2 Å². The van der Waals surface area contributed by atoms with Crippen molar-refractivity contribution < 1.29 is 27.8 Å². The molecule has 1 aromatic heterocycles. The van der Waals surface area contributed by atoms with Crippen molar-refractivity contribution in [3.8, 4) is 5.75 Å². The molecule has 0 aliphatic carbocycles. The molecule has 2 aromatic rings. The summed E-state index contributed by atoms with van der Waals surface area (Å²) in [5, 5.41) is 22.3. The van der Waals surface area contributed by atoms with Gasteiger partial charge in [0.2, 0.25) is 5.91 Å². The van der Waals surface area contributed by atoms with E-state index in [-0.39, 0.29) is 35.7 Å². The van der Waals surface area contributed by atoms with Crippen molar-refractivity contribution >= 4 is 26.7 Å². The number of fused-ring (bicyclic) bond motifs is 1. The van der Waals surface area contributed by atoms with Crippen molar-refractivity contribution in [1.29, 1.82) is 0 Å². The van der Waals surface area contributed by atoms with Gasteiger partial charge in [-0.3, -0.25) is 4.79 Å². The molecule has 26 heavy (non-hydrogen) atoms. The van der Waals surface area contributed by atoms with E-state index in [0.29, 0.717) is 16.5 Å². The van der Waals surface area contributed by atoms with E-state index in [4.69, 9.17) is 4.42 Å². The highest BCUT2D eigenvalue weighted by Crippen LogP contribution is 2.24. The molecule has 1 aliphatic heterocycles. The Hall–Kier alpha value is -2.39. The molecule has 2 heterocycles. The number of phenolic OH excluding ortho intramolecular Hbond substituents is 1. The second-order valence-corrected chi connectivity index (χ2v) is 8.65. The Labute approximate surface area is 149 Å². The monoisotopic (exact) mass is 381 g/mol. The number of aliphatic hydroxyl groups excluding tert-OH is 1. The molecule has 140 valence electrons. The van der Waals surface area contributed by atoms with Crippen LogP contribution in [0.15, 0.2) is 27.4 Å². The van der Waals surface area contributed by atoms with Crippen molar-refractivity contribution in [3.63, 3.8) is 0 Å². The minimum atomic E-state index is -3.35. The van der Waals surface area contributed by atoms with Gasteiger partial charge < -0.3 is 19.9 Å². The smallest absolute Gasteiger partial charge is 0.339 e. The third-order valence-corrected chi connectivity index (χ3v) is 6.26. The number of phenols is 1. The fourth-order valence-corrected chi connectivity index (χ4v) is 4.90. The van der Waals surface area contributed by atoms with Gasteiger partial charge in [0.15, 0.2) is 9.84 Å². The lowest BCUT2D eigenvalue weighted by Gasteiger charge is -2.15. The minimum absolute atomic E-state index is 0.0164. The van der Waals surface area contributed by atoms with Crippen LogP contribution in [0.2, 0.25) is 0 Å². The Kier molecular flexibility index (Phi) is 4.76. The van der Waals surface area contributed by atoms with Gasteiger partial charge in [0.05, 0.1) is 23.7 Å². The van der Waals surface area contributed by atoms with E-state index >= 15 is 0 Å². The molecule has 0 radical (unpaired) electrons. The van der Waals surface area contributed by atoms with Crippen molar-refractivity contribution in [3.05, 3.63) is 39.7 Å². The zero-order chi connectivity index (χ0) is 19.1. The first-order valence-corrected chi connectivity index (χ1v) is 9.91. The fraction of sp³-hybridized carbons (Fsp3) is 0.412. The topological polar surface area (TPSA) is 134 Å². The minimum Gasteiger partial charge on any atom is -0.508 e. The molecule has 0 unspecified atom stereocenters. The summed E-state index contributed by atoms with van der Waals surface area (Å²) in [5.74, 6) is -1.12. The molecule has 1 aliphatic rings. The number of rotatable bonds is 4. The van der Waals surface area contributed by atoms with Gasteiger partial charge >= 0.3 is 5.63 Å². The number of nitrogens with one attached hydrogen (secondary N) is 1. The summed E-state index contributed by atoms with van der Waals surface area (Å²) in [4.78, 5) is 24.2. The van der Waals surface area contributed by atoms with E-state index in [1.807, 2.05) is 0 Å². The molecular weight excluding hydrogens is 362 g/mol. The van der Waals surface area contributed by atoms with Crippen molar-refractivity contribution in [1.82, 2.24) is 5.32 Å². The number of hydrogen-bond acceptors (Lipinski definition) is 7. The molecule has 0 saturated carbocycles. The number of aromatic hydroxyl groups is 1. The van der Waals surface area contributed by atoms with Gasteiger partial charge in [-0.15, -0.1) is 0 Å². The van der Waals surface area contributed by atoms with Crippen LogP contribution in [0.4, 0.5) is 0 Å². The third-order valence-electron chi connectivity index (χ3n) is 4.54. The van der Waals surface area contributed by atoms with Gasteiger partial charge in [-0.25, -0.2) is 13.2 Å². The van der Waals surface area contributed by atoms with Gasteiger partial charge in [0, 0.05) is 23.4 Å². The number of aliphatic hydroxyl groups is 1. The molecule has 1 fully saturated rings. The van der Waals surface area contributed by atoms with E-state index in [1.54, 1.807) is 13.0 Å². The third kappa shape index (κ3) is 3.73. The van der Waals surface area contributed by atoms with Crippen LogP contribution in [0.3, 0.4) is 0 Å². The molecule has 3 rings (SSSR count). The number of benzene rings is 1. The predicted octanol–water partition coefficient (Wildman–Crippen LogP) is 0.0137. The average molecular weight is 381 g/mol. The van der Waals surface area contributed by atoms with E-state index < -0.39 is 33.5 Å². The molecule has 1 aromatic carbocycles. The average Bonchev–Trinajstić information content (AvgIpc) is 2.78. The Balaban J connectivity index is 1.73. The Morgan fingerprint density at radius 2 is 2.08 bits per heavy atom. The molecule has 1 saturated heterocycles. The van der Waals surface area contributed by atoms with E-state index in [1.165, 1.54) is 12.1 Å². The summed E-state index contributed by atoms with van der Waals surface area (Å²) in [6.07, 6.45) is -1.05. The largest absolute Gasteiger partial charge is 0.508 e. The quantitative estimate of drug-likeness (QED) is 0.635. The fourth-order valence-electron chi connectivity index (χ4n) is 3.16. The molecule has 9 heteroatoms. The lowest BCUT2D eigenvalue weighted by atomic mass is 10.0. The second kappa shape index (κ2) is 6.73. The van der Waals surface area contributed by atoms with Gasteiger partial charge in [0.25, 0.3) is 0 Å². The van der Waals surface area contributed by atoms with Crippen LogP contribution in [0.1, 0.15) is 17.5 Å². The number of carbonyl (C=O) groups is 1. The van der Waals surface area contributed by atoms with E-state index in [2.05, 4.69) is 5.32 Å². The SMILES string of the molecule is Cc1c(CCC(=O)N[C@@H]2CS(=O)(=O)C[C@@H]2O)c(=O)oc2cc(O)ccc12. The van der Waals surface area contributed by atoms with Crippen LogP contribution in [-0.2, 0) is 21.1 Å². The summed E-state index contributed by atoms with van der Waals surface area (Å²) in [6.45, 7) is 1.73. The Morgan fingerprint density at radius 1 is 1.35 bits per heavy atom. The lowest BCUT2D eigenvalue weighted by Crippen LogP contribution is -2.42. The highest BCUT2D eigenvalue weighted by Gasteiger charge is 2.37. The summed E-state index contributed by atoms with van der Waals surface area (Å²) in [6, 6.07) is 3.63. The maximum atomic E-state index is 12.2. The first-order chi connectivity index (χ1) is 12.2. The zero-order valence-corrected chi connectivity index (χ0v) is 14.9. The number of amides is 1. The maximum absolute atomic E-state index is 12.2. The first-order valence-electron chi connectivity index (χ1n) is 8.09. The van der Waals surface area contributed by atoms with Gasteiger partial charge in [-0.05, 0) is 31.0 Å². The summed E-state index contributed by atoms with van der Waals surface area (Å²) < 4.78 is 28.1. The number of aryl methyl sites for hydroxylation is 1. The number of hydrogen-bond donors (Lipinski definition) is 3. The van der Waals surface area contributed by atoms with Crippen LogP contribution in [0.25, 0.3) is 11.0 Å². The van der Waals surface area contributed by atoms with E-state index in [0.717, 1.165) is 0 Å². The van der Waals surface area contributed by atoms with Crippen molar-refractivity contribution in [2.75, 3.05) is 11.5 Å². The Bertz CT molecular complexity index is 1030. The summed E-state index contributed by atoms with van der Waals surface area (Å²) >= 11 is 0. The Morgan fingerprint density at radius 3 is 2.73 bits per heavy atom. The molecule has 0 bridgehead atoms. The molecule has 1 amide bonds. The zero-order valence-electron chi connectivity index (χ0n) is 14.1. The lowest BCUT2D eigenvalue weighted by molar-refractivity contribution is -0.122. The highest BCUT2D eigenvalue weighted by atomic mass is 32.2. The van der Waals surface area contributed by atoms with Gasteiger partial charge in [-0.1, -0.05) is 0 Å². The summed E-state index contributed by atoms with van der Waals surface area (Å²) in [7, 11) is -3.35. The molecular formula is C17H19NO7S. The van der Waals surface area contributed by atoms with Crippen molar-refractivity contribution in [2.24, 2.45) is 0 Å². The highest BCUT2D eigenvalue weighted by molar-refractivity contribution is 7.91. The first kappa shape index (κ1) is 18.4.